The van der Waals surface area contributed by atoms with Gasteiger partial charge >= 0.3 is 5.97 Å². The number of allylic oxidation sites excluding steroid dienone is 1. The minimum Gasteiger partial charge on any atom is -0.463 e. The Balaban J connectivity index is 2.04. The number of hydrogen-bond donors (Lipinski definition) is 1. The molecule has 2 atom stereocenters. The van der Waals surface area contributed by atoms with Gasteiger partial charge in [0.2, 0.25) is 5.91 Å². The molecular formula is C24H31N3O3S. The molecule has 0 aromatic heterocycles. The highest BCUT2D eigenvalue weighted by atomic mass is 32.2. The van der Waals surface area contributed by atoms with Crippen molar-refractivity contribution < 1.29 is 14.3 Å². The van der Waals surface area contributed by atoms with Gasteiger partial charge in [0.1, 0.15) is 0 Å². The normalized spacial score (nSPS) is 18.9. The number of thioether (sulfide) groups is 1. The molecule has 0 saturated heterocycles. The Labute approximate surface area is 188 Å². The van der Waals surface area contributed by atoms with E-state index in [9.17, 15) is 9.59 Å². The first-order valence-corrected chi connectivity index (χ1v) is 11.6. The second-order valence-electron chi connectivity index (χ2n) is 8.03. The lowest BCUT2D eigenvalue weighted by Crippen LogP contribution is -2.39. The van der Waals surface area contributed by atoms with Gasteiger partial charge in [-0.05, 0) is 57.6 Å². The van der Waals surface area contributed by atoms with E-state index in [2.05, 4.69) is 22.4 Å². The number of amides is 1. The standard InChI is InChI=1S/C24H31N3O3S/c1-7-16(5)25-20(28)12-18-13-31-24-26-17(6)21(23(29)30-8-2)22(27(18)24)19-10-9-14(3)11-15(19)4/h9-11,13,16,22H,7-8,12H2,1-6H3,(H,25,28). The Kier molecular flexibility index (Phi) is 7.26. The van der Waals surface area contributed by atoms with Crippen molar-refractivity contribution in [3.63, 3.8) is 0 Å². The topological polar surface area (TPSA) is 71.0 Å². The summed E-state index contributed by atoms with van der Waals surface area (Å²) in [6.45, 7) is 12.1. The van der Waals surface area contributed by atoms with Gasteiger partial charge in [0.25, 0.3) is 0 Å². The monoisotopic (exact) mass is 441 g/mol. The quantitative estimate of drug-likeness (QED) is 0.619. The number of ether oxygens (including phenoxy) is 1. The summed E-state index contributed by atoms with van der Waals surface area (Å²) in [5.74, 6) is -0.404. The first-order valence-electron chi connectivity index (χ1n) is 10.7. The number of nitrogens with zero attached hydrogens (tertiary/aromatic N) is 2. The van der Waals surface area contributed by atoms with Gasteiger partial charge in [-0.25, -0.2) is 9.79 Å². The van der Waals surface area contributed by atoms with Crippen LogP contribution in [0.5, 0.6) is 0 Å². The highest BCUT2D eigenvalue weighted by Crippen LogP contribution is 2.45. The van der Waals surface area contributed by atoms with Crippen LogP contribution >= 0.6 is 11.8 Å². The van der Waals surface area contributed by atoms with Gasteiger partial charge in [0.05, 0.1) is 30.3 Å². The summed E-state index contributed by atoms with van der Waals surface area (Å²) in [7, 11) is 0. The number of benzene rings is 1. The van der Waals surface area contributed by atoms with Gasteiger partial charge in [0, 0.05) is 11.7 Å². The third-order valence-corrected chi connectivity index (χ3v) is 6.47. The van der Waals surface area contributed by atoms with E-state index in [4.69, 9.17) is 4.74 Å². The van der Waals surface area contributed by atoms with E-state index in [0.717, 1.165) is 34.0 Å². The summed E-state index contributed by atoms with van der Waals surface area (Å²) in [6.07, 6.45) is 1.10. The van der Waals surface area contributed by atoms with Crippen LogP contribution in [0, 0.1) is 13.8 Å². The number of amidine groups is 1. The molecular weight excluding hydrogens is 410 g/mol. The van der Waals surface area contributed by atoms with Crippen molar-refractivity contribution in [3.05, 3.63) is 57.3 Å². The van der Waals surface area contributed by atoms with E-state index >= 15 is 0 Å². The molecule has 0 radical (unpaired) electrons. The molecule has 0 saturated carbocycles. The maximum Gasteiger partial charge on any atom is 0.338 e. The van der Waals surface area contributed by atoms with E-state index in [1.165, 1.54) is 11.8 Å². The molecule has 2 unspecified atom stereocenters. The van der Waals surface area contributed by atoms with Gasteiger partial charge in [-0.1, -0.05) is 42.4 Å². The zero-order valence-corrected chi connectivity index (χ0v) is 19.9. The molecule has 6 nitrogen and oxygen atoms in total. The van der Waals surface area contributed by atoms with Crippen molar-refractivity contribution >= 4 is 28.8 Å². The lowest BCUT2D eigenvalue weighted by Gasteiger charge is -2.37. The van der Waals surface area contributed by atoms with Gasteiger partial charge in [-0.2, -0.15) is 0 Å². The number of aryl methyl sites for hydroxylation is 2. The number of carbonyl (C=O) groups excluding carboxylic acids is 2. The summed E-state index contributed by atoms with van der Waals surface area (Å²) >= 11 is 1.49. The fourth-order valence-corrected chi connectivity index (χ4v) is 4.82. The van der Waals surface area contributed by atoms with Crippen molar-refractivity contribution in [2.75, 3.05) is 6.61 Å². The second kappa shape index (κ2) is 9.73. The van der Waals surface area contributed by atoms with Gasteiger partial charge in [-0.3, -0.25) is 4.79 Å². The minimum absolute atomic E-state index is 0.0363. The first kappa shape index (κ1) is 23.1. The predicted octanol–water partition coefficient (Wildman–Crippen LogP) is 4.75. The Morgan fingerprint density at radius 1 is 1.26 bits per heavy atom. The van der Waals surface area contributed by atoms with Crippen LogP contribution in [0.4, 0.5) is 0 Å². The molecule has 31 heavy (non-hydrogen) atoms. The number of esters is 1. The number of nitrogens with one attached hydrogen (secondary N) is 1. The highest BCUT2D eigenvalue weighted by molar-refractivity contribution is 8.16. The molecule has 1 amide bonds. The molecule has 7 heteroatoms. The van der Waals surface area contributed by atoms with Crippen molar-refractivity contribution in [1.29, 1.82) is 0 Å². The first-order chi connectivity index (χ1) is 14.8. The third-order valence-electron chi connectivity index (χ3n) is 5.58. The van der Waals surface area contributed by atoms with Crippen molar-refractivity contribution in [2.45, 2.75) is 66.5 Å². The lowest BCUT2D eigenvalue weighted by molar-refractivity contribution is -0.139. The van der Waals surface area contributed by atoms with Crippen LogP contribution in [-0.4, -0.2) is 34.6 Å². The SMILES string of the molecule is CCOC(=O)C1=C(C)N=C2SC=C(CC(=O)NC(C)CC)N2C1c1ccc(C)cc1C. The molecule has 0 fully saturated rings. The molecule has 166 valence electrons. The van der Waals surface area contributed by atoms with E-state index in [0.29, 0.717) is 17.9 Å². The Bertz CT molecular complexity index is 980. The number of fused-ring (bicyclic) bond motifs is 1. The van der Waals surface area contributed by atoms with Crippen LogP contribution in [-0.2, 0) is 14.3 Å². The van der Waals surface area contributed by atoms with Crippen LogP contribution in [0.1, 0.15) is 63.3 Å². The fraction of sp³-hybridized carbons (Fsp3) is 0.458. The average molecular weight is 442 g/mol. The summed E-state index contributed by atoms with van der Waals surface area (Å²) < 4.78 is 5.40. The smallest absolute Gasteiger partial charge is 0.338 e. The Morgan fingerprint density at radius 2 is 2.00 bits per heavy atom. The number of aliphatic imine (C=N–C) groups is 1. The number of rotatable bonds is 7. The van der Waals surface area contributed by atoms with E-state index in [1.807, 2.05) is 51.0 Å². The lowest BCUT2D eigenvalue weighted by atomic mass is 9.90. The molecule has 1 aromatic rings. The minimum atomic E-state index is -0.384. The molecule has 1 aromatic carbocycles. The summed E-state index contributed by atoms with van der Waals surface area (Å²) in [5, 5.41) is 5.77. The molecule has 2 aliphatic heterocycles. The maximum atomic E-state index is 13.0. The molecule has 0 bridgehead atoms. The number of hydrogen-bond acceptors (Lipinski definition) is 6. The summed E-state index contributed by atoms with van der Waals surface area (Å²) in [6, 6.07) is 5.95. The molecule has 2 heterocycles. The molecule has 0 aliphatic carbocycles. The average Bonchev–Trinajstić information content (AvgIpc) is 3.09. The van der Waals surface area contributed by atoms with Crippen LogP contribution in [0.3, 0.4) is 0 Å². The van der Waals surface area contributed by atoms with Gasteiger partial charge < -0.3 is 15.0 Å². The Hall–Kier alpha value is -2.54. The van der Waals surface area contributed by atoms with Crippen LogP contribution in [0.2, 0.25) is 0 Å². The van der Waals surface area contributed by atoms with Crippen molar-refractivity contribution in [1.82, 2.24) is 10.2 Å². The van der Waals surface area contributed by atoms with E-state index in [1.54, 1.807) is 6.92 Å². The van der Waals surface area contributed by atoms with Gasteiger partial charge in [0.15, 0.2) is 5.17 Å². The van der Waals surface area contributed by atoms with Crippen LogP contribution in [0.15, 0.2) is 45.6 Å². The Morgan fingerprint density at radius 3 is 2.65 bits per heavy atom. The largest absolute Gasteiger partial charge is 0.463 e. The predicted molar refractivity (Wildman–Crippen MR) is 125 cm³/mol. The highest BCUT2D eigenvalue weighted by Gasteiger charge is 2.41. The third kappa shape index (κ3) is 4.87. The zero-order valence-electron chi connectivity index (χ0n) is 19.1. The fourth-order valence-electron chi connectivity index (χ4n) is 3.86. The summed E-state index contributed by atoms with van der Waals surface area (Å²) in [4.78, 5) is 32.4. The van der Waals surface area contributed by atoms with Gasteiger partial charge in [-0.15, -0.1) is 0 Å². The summed E-state index contributed by atoms with van der Waals surface area (Å²) in [5.41, 5.74) is 5.26. The number of carbonyl (C=O) groups is 2. The molecule has 2 aliphatic rings. The van der Waals surface area contributed by atoms with E-state index in [-0.39, 0.29) is 30.4 Å². The van der Waals surface area contributed by atoms with Crippen molar-refractivity contribution in [2.24, 2.45) is 4.99 Å². The molecule has 0 spiro atoms. The maximum absolute atomic E-state index is 13.0. The zero-order chi connectivity index (χ0) is 22.7. The van der Waals surface area contributed by atoms with Crippen LogP contribution < -0.4 is 5.32 Å². The second-order valence-corrected chi connectivity index (χ2v) is 8.86. The van der Waals surface area contributed by atoms with E-state index < -0.39 is 0 Å². The van der Waals surface area contributed by atoms with Crippen molar-refractivity contribution in [3.8, 4) is 0 Å². The molecule has 1 N–H and O–H groups in total. The van der Waals surface area contributed by atoms with Crippen LogP contribution in [0.25, 0.3) is 0 Å². The molecule has 3 rings (SSSR count).